The molecule has 2 aliphatic rings. The third-order valence-corrected chi connectivity index (χ3v) is 5.51. The molecule has 2 aromatic rings. The molecule has 0 aromatic heterocycles. The summed E-state index contributed by atoms with van der Waals surface area (Å²) < 4.78 is 1.26. The molecule has 0 unspecified atom stereocenters. The van der Waals surface area contributed by atoms with Crippen molar-refractivity contribution in [1.82, 2.24) is 0 Å². The molecule has 0 saturated heterocycles. The molecule has 0 radical (unpaired) electrons. The number of aromatic carboxylic acids is 1. The van der Waals surface area contributed by atoms with Gasteiger partial charge in [0.15, 0.2) is 0 Å². The van der Waals surface area contributed by atoms with Crippen molar-refractivity contribution in [2.75, 3.05) is 5.32 Å². The van der Waals surface area contributed by atoms with Gasteiger partial charge in [-0.1, -0.05) is 24.3 Å². The molecule has 1 aliphatic carbocycles. The Balaban J connectivity index is 1.73. The van der Waals surface area contributed by atoms with Gasteiger partial charge in [-0.2, -0.15) is 0 Å². The highest BCUT2D eigenvalue weighted by Crippen LogP contribution is 2.49. The summed E-state index contributed by atoms with van der Waals surface area (Å²) in [6.45, 7) is 0. The van der Waals surface area contributed by atoms with Crippen molar-refractivity contribution in [2.24, 2.45) is 5.92 Å². The van der Waals surface area contributed by atoms with Crippen LogP contribution in [0.2, 0.25) is 0 Å². The van der Waals surface area contributed by atoms with E-state index in [9.17, 15) is 4.79 Å². The minimum Gasteiger partial charge on any atom is -0.478 e. The Hall–Kier alpha value is -1.82. The summed E-state index contributed by atoms with van der Waals surface area (Å²) in [6.07, 6.45) is 5.64. The number of benzene rings is 2. The van der Waals surface area contributed by atoms with Gasteiger partial charge in [0.2, 0.25) is 0 Å². The Bertz CT molecular complexity index is 798. The number of halogens is 1. The highest BCUT2D eigenvalue weighted by molar-refractivity contribution is 14.1. The monoisotopic (exact) mass is 417 g/mol. The van der Waals surface area contributed by atoms with Crippen LogP contribution in [0.15, 0.2) is 54.6 Å². The molecule has 0 fully saturated rings. The van der Waals surface area contributed by atoms with Crippen LogP contribution in [-0.4, -0.2) is 11.1 Å². The Morgan fingerprint density at radius 1 is 1.17 bits per heavy atom. The Morgan fingerprint density at radius 2 is 1.96 bits per heavy atom. The van der Waals surface area contributed by atoms with E-state index in [1.807, 2.05) is 12.1 Å². The number of hydrogen-bond donors (Lipinski definition) is 2. The standard InChI is InChI=1S/C19H16INO2/c20-13-8-9-17-16(10-13)14-2-1-3-15(14)18(21-17)11-4-6-12(7-5-11)19(22)23/h1-2,4-10,14-15,18,21H,3H2,(H,22,23)/t14-,15-,18-/m1/s1. The molecular formula is C19H16INO2. The smallest absolute Gasteiger partial charge is 0.335 e. The maximum Gasteiger partial charge on any atom is 0.335 e. The number of rotatable bonds is 2. The van der Waals surface area contributed by atoms with E-state index in [0.29, 0.717) is 17.4 Å². The molecule has 23 heavy (non-hydrogen) atoms. The number of nitrogens with one attached hydrogen (secondary N) is 1. The van der Waals surface area contributed by atoms with Crippen molar-refractivity contribution < 1.29 is 9.90 Å². The number of anilines is 1. The molecule has 2 aromatic carbocycles. The topological polar surface area (TPSA) is 49.3 Å². The molecule has 4 rings (SSSR count). The van der Waals surface area contributed by atoms with Crippen LogP contribution in [0.3, 0.4) is 0 Å². The number of allylic oxidation sites excluding steroid dienone is 2. The second kappa shape index (κ2) is 5.67. The average Bonchev–Trinajstić information content (AvgIpc) is 3.04. The van der Waals surface area contributed by atoms with E-state index in [1.54, 1.807) is 12.1 Å². The zero-order valence-electron chi connectivity index (χ0n) is 12.4. The first-order chi connectivity index (χ1) is 11.1. The van der Waals surface area contributed by atoms with Gasteiger partial charge in [0.25, 0.3) is 0 Å². The maximum atomic E-state index is 11.0. The highest BCUT2D eigenvalue weighted by atomic mass is 127. The summed E-state index contributed by atoms with van der Waals surface area (Å²) >= 11 is 2.36. The number of fused-ring (bicyclic) bond motifs is 3. The third kappa shape index (κ3) is 2.55. The van der Waals surface area contributed by atoms with Crippen molar-refractivity contribution in [3.05, 3.63) is 74.9 Å². The van der Waals surface area contributed by atoms with E-state index in [2.05, 4.69) is 58.3 Å². The van der Waals surface area contributed by atoms with Gasteiger partial charge in [0, 0.05) is 15.2 Å². The van der Waals surface area contributed by atoms with Gasteiger partial charge >= 0.3 is 5.97 Å². The van der Waals surface area contributed by atoms with E-state index < -0.39 is 5.97 Å². The van der Waals surface area contributed by atoms with Crippen molar-refractivity contribution in [3.8, 4) is 0 Å². The fourth-order valence-electron chi connectivity index (χ4n) is 3.73. The fraction of sp³-hybridized carbons (Fsp3) is 0.211. The molecule has 0 amide bonds. The molecule has 0 bridgehead atoms. The van der Waals surface area contributed by atoms with E-state index in [4.69, 9.17) is 5.11 Å². The van der Waals surface area contributed by atoms with E-state index in [0.717, 1.165) is 12.0 Å². The summed E-state index contributed by atoms with van der Waals surface area (Å²) in [5.74, 6) is 0.0370. The largest absolute Gasteiger partial charge is 0.478 e. The number of carbonyl (C=O) groups is 1. The molecule has 2 N–H and O–H groups in total. The van der Waals surface area contributed by atoms with Gasteiger partial charge in [0.05, 0.1) is 11.6 Å². The molecule has 4 heteroatoms. The van der Waals surface area contributed by atoms with Gasteiger partial charge in [0.1, 0.15) is 0 Å². The van der Waals surface area contributed by atoms with Gasteiger partial charge in [-0.05, 0) is 76.4 Å². The first-order valence-corrected chi connectivity index (χ1v) is 8.77. The summed E-state index contributed by atoms with van der Waals surface area (Å²) in [5, 5.41) is 12.7. The molecule has 1 aliphatic heterocycles. The van der Waals surface area contributed by atoms with Gasteiger partial charge in [-0.3, -0.25) is 0 Å². The van der Waals surface area contributed by atoms with Crippen molar-refractivity contribution in [1.29, 1.82) is 0 Å². The molecule has 0 spiro atoms. The second-order valence-corrected chi connectivity index (χ2v) is 7.38. The summed E-state index contributed by atoms with van der Waals surface area (Å²) in [5.41, 5.74) is 4.04. The number of carboxylic acid groups (broad SMARTS) is 1. The van der Waals surface area contributed by atoms with Crippen LogP contribution in [0.5, 0.6) is 0 Å². The van der Waals surface area contributed by atoms with Crippen molar-refractivity contribution >= 4 is 34.2 Å². The van der Waals surface area contributed by atoms with Crippen LogP contribution in [0, 0.1) is 9.49 Å². The lowest BCUT2D eigenvalue weighted by Crippen LogP contribution is -2.29. The van der Waals surface area contributed by atoms with Crippen molar-refractivity contribution in [3.63, 3.8) is 0 Å². The average molecular weight is 417 g/mol. The minimum absolute atomic E-state index is 0.213. The minimum atomic E-state index is -0.881. The van der Waals surface area contributed by atoms with Crippen LogP contribution in [0.25, 0.3) is 0 Å². The highest BCUT2D eigenvalue weighted by Gasteiger charge is 2.37. The first-order valence-electron chi connectivity index (χ1n) is 7.69. The molecule has 3 atom stereocenters. The van der Waals surface area contributed by atoms with E-state index in [1.165, 1.54) is 14.8 Å². The lowest BCUT2D eigenvalue weighted by molar-refractivity contribution is 0.0697. The normalized spacial score (nSPS) is 24.7. The summed E-state index contributed by atoms with van der Waals surface area (Å²) in [6, 6.07) is 14.0. The Labute approximate surface area is 148 Å². The fourth-order valence-corrected chi connectivity index (χ4v) is 4.24. The van der Waals surface area contributed by atoms with Crippen LogP contribution < -0.4 is 5.32 Å². The molecule has 0 saturated carbocycles. The number of carboxylic acids is 1. The number of hydrogen-bond acceptors (Lipinski definition) is 2. The predicted molar refractivity (Wildman–Crippen MR) is 98.9 cm³/mol. The van der Waals surface area contributed by atoms with E-state index in [-0.39, 0.29) is 6.04 Å². The predicted octanol–water partition coefficient (Wildman–Crippen LogP) is 4.82. The third-order valence-electron chi connectivity index (χ3n) is 4.84. The first kappa shape index (κ1) is 14.8. The van der Waals surface area contributed by atoms with Crippen LogP contribution in [0.1, 0.15) is 39.9 Å². The Morgan fingerprint density at radius 3 is 2.70 bits per heavy atom. The molecule has 116 valence electrons. The van der Waals surface area contributed by atoms with Crippen LogP contribution in [0.4, 0.5) is 5.69 Å². The van der Waals surface area contributed by atoms with Crippen LogP contribution >= 0.6 is 22.6 Å². The molecule has 1 heterocycles. The van der Waals surface area contributed by atoms with Gasteiger partial charge in [-0.15, -0.1) is 0 Å². The Kier molecular flexibility index (Phi) is 3.64. The summed E-state index contributed by atoms with van der Waals surface area (Å²) in [7, 11) is 0. The van der Waals surface area contributed by atoms with Crippen LogP contribution in [-0.2, 0) is 0 Å². The van der Waals surface area contributed by atoms with Gasteiger partial charge < -0.3 is 10.4 Å². The van der Waals surface area contributed by atoms with Gasteiger partial charge in [-0.25, -0.2) is 4.79 Å². The quantitative estimate of drug-likeness (QED) is 0.545. The zero-order chi connectivity index (χ0) is 16.0. The lowest BCUT2D eigenvalue weighted by atomic mass is 9.77. The zero-order valence-corrected chi connectivity index (χ0v) is 14.5. The van der Waals surface area contributed by atoms with Crippen molar-refractivity contribution in [2.45, 2.75) is 18.4 Å². The lowest BCUT2D eigenvalue weighted by Gasteiger charge is -2.37. The molecule has 3 nitrogen and oxygen atoms in total. The maximum absolute atomic E-state index is 11.0. The molecular weight excluding hydrogens is 401 g/mol. The summed E-state index contributed by atoms with van der Waals surface area (Å²) in [4.78, 5) is 11.0. The second-order valence-electron chi connectivity index (χ2n) is 6.13. The SMILES string of the molecule is O=C(O)c1ccc([C@H]2Nc3ccc(I)cc3[C@@H]3C=CC[C@@H]23)cc1. The van der Waals surface area contributed by atoms with E-state index >= 15 is 0 Å².